The van der Waals surface area contributed by atoms with Crippen LogP contribution in [0, 0.1) is 5.92 Å². The third-order valence-corrected chi connectivity index (χ3v) is 2.14. The maximum absolute atomic E-state index is 11.3. The second-order valence-corrected chi connectivity index (χ2v) is 3.68. The van der Waals surface area contributed by atoms with E-state index in [4.69, 9.17) is 5.11 Å². The second-order valence-electron chi connectivity index (χ2n) is 3.68. The first-order valence-corrected chi connectivity index (χ1v) is 5.65. The van der Waals surface area contributed by atoms with Gasteiger partial charge in [0.25, 0.3) is 0 Å². The SMILES string of the molecule is C=CC(=O)OC(=O)C(C)CCCC(=O)OCCO. The van der Waals surface area contributed by atoms with Crippen molar-refractivity contribution in [2.45, 2.75) is 26.2 Å². The molecule has 6 nitrogen and oxygen atoms in total. The Bertz CT molecular complexity index is 310. The Hall–Kier alpha value is -1.69. The van der Waals surface area contributed by atoms with E-state index < -0.39 is 23.8 Å². The maximum Gasteiger partial charge on any atom is 0.337 e. The smallest absolute Gasteiger partial charge is 0.337 e. The summed E-state index contributed by atoms with van der Waals surface area (Å²) in [6.45, 7) is 4.55. The number of rotatable bonds is 8. The number of aliphatic hydroxyl groups excluding tert-OH is 1. The van der Waals surface area contributed by atoms with Crippen molar-refractivity contribution in [1.82, 2.24) is 0 Å². The molecule has 0 saturated carbocycles. The van der Waals surface area contributed by atoms with E-state index in [0.717, 1.165) is 6.08 Å². The van der Waals surface area contributed by atoms with Crippen LogP contribution in [-0.4, -0.2) is 36.2 Å². The Morgan fingerprint density at radius 3 is 2.61 bits per heavy atom. The summed E-state index contributed by atoms with van der Waals surface area (Å²) in [6.07, 6.45) is 1.93. The third-order valence-electron chi connectivity index (χ3n) is 2.14. The zero-order chi connectivity index (χ0) is 14.0. The fourth-order valence-corrected chi connectivity index (χ4v) is 1.14. The van der Waals surface area contributed by atoms with Crippen molar-refractivity contribution >= 4 is 17.9 Å². The molecule has 1 atom stereocenters. The van der Waals surface area contributed by atoms with Crippen molar-refractivity contribution in [3.05, 3.63) is 12.7 Å². The van der Waals surface area contributed by atoms with Gasteiger partial charge in [-0.25, -0.2) is 4.79 Å². The Morgan fingerprint density at radius 1 is 1.39 bits per heavy atom. The number of hydrogen-bond acceptors (Lipinski definition) is 6. The maximum atomic E-state index is 11.3. The third kappa shape index (κ3) is 7.56. The summed E-state index contributed by atoms with van der Waals surface area (Å²) in [5, 5.41) is 8.43. The van der Waals surface area contributed by atoms with Crippen molar-refractivity contribution in [3.8, 4) is 0 Å². The molecule has 0 rings (SSSR count). The molecule has 0 aromatic heterocycles. The number of ether oxygens (including phenoxy) is 2. The van der Waals surface area contributed by atoms with Gasteiger partial charge in [-0.3, -0.25) is 9.59 Å². The van der Waals surface area contributed by atoms with Crippen LogP contribution in [0.3, 0.4) is 0 Å². The number of esters is 3. The number of carbonyl (C=O) groups is 3. The van der Waals surface area contributed by atoms with Gasteiger partial charge in [0, 0.05) is 12.5 Å². The van der Waals surface area contributed by atoms with Gasteiger partial charge in [-0.05, 0) is 12.8 Å². The van der Waals surface area contributed by atoms with Gasteiger partial charge >= 0.3 is 17.9 Å². The molecule has 0 spiro atoms. The standard InChI is InChI=1S/C12H18O6/c1-3-10(14)18-12(16)9(2)5-4-6-11(15)17-8-7-13/h3,9,13H,1,4-8H2,2H3. The van der Waals surface area contributed by atoms with E-state index in [0.29, 0.717) is 12.8 Å². The highest BCUT2D eigenvalue weighted by Crippen LogP contribution is 2.10. The van der Waals surface area contributed by atoms with Gasteiger partial charge in [0.2, 0.25) is 0 Å². The molecule has 0 aromatic rings. The van der Waals surface area contributed by atoms with Gasteiger partial charge in [-0.1, -0.05) is 13.5 Å². The number of carbonyl (C=O) groups excluding carboxylic acids is 3. The van der Waals surface area contributed by atoms with E-state index in [2.05, 4.69) is 16.1 Å². The summed E-state index contributed by atoms with van der Waals surface area (Å²) in [4.78, 5) is 33.1. The Morgan fingerprint density at radius 2 is 2.06 bits per heavy atom. The fraction of sp³-hybridized carbons (Fsp3) is 0.583. The number of aliphatic hydroxyl groups is 1. The largest absolute Gasteiger partial charge is 0.463 e. The van der Waals surface area contributed by atoms with Crippen molar-refractivity contribution in [2.24, 2.45) is 5.92 Å². The van der Waals surface area contributed by atoms with Crippen LogP contribution in [0.5, 0.6) is 0 Å². The molecule has 1 unspecified atom stereocenters. The zero-order valence-corrected chi connectivity index (χ0v) is 10.4. The van der Waals surface area contributed by atoms with Crippen LogP contribution in [0.1, 0.15) is 26.2 Å². The Kier molecular flexibility index (Phi) is 8.47. The van der Waals surface area contributed by atoms with Gasteiger partial charge in [-0.15, -0.1) is 0 Å². The molecular formula is C12H18O6. The quantitative estimate of drug-likeness (QED) is 0.389. The average Bonchev–Trinajstić information content (AvgIpc) is 2.35. The molecule has 0 radical (unpaired) electrons. The molecule has 0 aliphatic rings. The normalized spacial score (nSPS) is 11.4. The molecule has 0 aliphatic heterocycles. The summed E-state index contributed by atoms with van der Waals surface area (Å²) < 4.78 is 9.08. The van der Waals surface area contributed by atoms with Crippen LogP contribution in [0.4, 0.5) is 0 Å². The average molecular weight is 258 g/mol. The molecular weight excluding hydrogens is 240 g/mol. The lowest BCUT2D eigenvalue weighted by atomic mass is 10.0. The lowest BCUT2D eigenvalue weighted by Gasteiger charge is -2.08. The molecule has 1 N–H and O–H groups in total. The van der Waals surface area contributed by atoms with Crippen LogP contribution in [0.25, 0.3) is 0 Å². The minimum absolute atomic E-state index is 0.0235. The Labute approximate surface area is 106 Å². The fourth-order valence-electron chi connectivity index (χ4n) is 1.14. The van der Waals surface area contributed by atoms with Crippen LogP contribution in [-0.2, 0) is 23.9 Å². The van der Waals surface area contributed by atoms with Crippen LogP contribution in [0.2, 0.25) is 0 Å². The highest BCUT2D eigenvalue weighted by molar-refractivity contribution is 5.92. The Balaban J connectivity index is 3.78. The summed E-state index contributed by atoms with van der Waals surface area (Å²) in [5.74, 6) is -2.32. The van der Waals surface area contributed by atoms with E-state index in [1.807, 2.05) is 0 Å². The van der Waals surface area contributed by atoms with Gasteiger partial charge in [-0.2, -0.15) is 0 Å². The first kappa shape index (κ1) is 16.3. The summed E-state index contributed by atoms with van der Waals surface area (Å²) >= 11 is 0. The van der Waals surface area contributed by atoms with Crippen LogP contribution < -0.4 is 0 Å². The molecule has 0 fully saturated rings. The summed E-state index contributed by atoms with van der Waals surface area (Å²) in [5.41, 5.74) is 0. The van der Waals surface area contributed by atoms with E-state index in [1.165, 1.54) is 0 Å². The molecule has 0 amide bonds. The zero-order valence-electron chi connectivity index (χ0n) is 10.4. The predicted molar refractivity (Wildman–Crippen MR) is 62.4 cm³/mol. The topological polar surface area (TPSA) is 89.9 Å². The minimum atomic E-state index is -0.783. The van der Waals surface area contributed by atoms with E-state index >= 15 is 0 Å². The molecule has 0 aliphatic carbocycles. The van der Waals surface area contributed by atoms with Crippen molar-refractivity contribution in [3.63, 3.8) is 0 Å². The van der Waals surface area contributed by atoms with E-state index in [-0.39, 0.29) is 19.6 Å². The van der Waals surface area contributed by atoms with Crippen molar-refractivity contribution < 1.29 is 29.0 Å². The molecule has 6 heteroatoms. The van der Waals surface area contributed by atoms with Crippen molar-refractivity contribution in [1.29, 1.82) is 0 Å². The minimum Gasteiger partial charge on any atom is -0.463 e. The van der Waals surface area contributed by atoms with Gasteiger partial charge in [0.1, 0.15) is 6.61 Å². The van der Waals surface area contributed by atoms with Gasteiger partial charge in [0.15, 0.2) is 0 Å². The first-order valence-electron chi connectivity index (χ1n) is 5.65. The van der Waals surface area contributed by atoms with E-state index in [9.17, 15) is 14.4 Å². The number of hydrogen-bond donors (Lipinski definition) is 1. The van der Waals surface area contributed by atoms with Gasteiger partial charge in [0.05, 0.1) is 12.5 Å². The predicted octanol–water partition coefficient (Wildman–Crippen LogP) is 0.584. The van der Waals surface area contributed by atoms with Crippen LogP contribution in [0.15, 0.2) is 12.7 Å². The van der Waals surface area contributed by atoms with Crippen molar-refractivity contribution in [2.75, 3.05) is 13.2 Å². The van der Waals surface area contributed by atoms with Gasteiger partial charge < -0.3 is 14.6 Å². The lowest BCUT2D eigenvalue weighted by Crippen LogP contribution is -2.18. The van der Waals surface area contributed by atoms with Crippen LogP contribution >= 0.6 is 0 Å². The molecule has 0 heterocycles. The highest BCUT2D eigenvalue weighted by Gasteiger charge is 2.17. The second kappa shape index (κ2) is 9.35. The monoisotopic (exact) mass is 258 g/mol. The lowest BCUT2D eigenvalue weighted by molar-refractivity contribution is -0.159. The summed E-state index contributed by atoms with van der Waals surface area (Å²) in [7, 11) is 0. The van der Waals surface area contributed by atoms with E-state index in [1.54, 1.807) is 6.92 Å². The molecule has 102 valence electrons. The summed E-state index contributed by atoms with van der Waals surface area (Å²) in [6, 6.07) is 0. The highest BCUT2D eigenvalue weighted by atomic mass is 16.6. The molecule has 0 saturated heterocycles. The molecule has 0 bridgehead atoms. The first-order chi connectivity index (χ1) is 8.51. The molecule has 18 heavy (non-hydrogen) atoms. The molecule has 0 aromatic carbocycles.